The normalized spacial score (nSPS) is 10.8. The number of rotatable bonds is 6. The maximum Gasteiger partial charge on any atom is 0.123 e. The van der Waals surface area contributed by atoms with Crippen LogP contribution < -0.4 is 0 Å². The molecule has 0 amide bonds. The molecule has 18 heavy (non-hydrogen) atoms. The number of benzene rings is 1. The summed E-state index contributed by atoms with van der Waals surface area (Å²) in [6.45, 7) is 0. The van der Waals surface area contributed by atoms with Gasteiger partial charge < -0.3 is 0 Å². The van der Waals surface area contributed by atoms with Gasteiger partial charge in [-0.2, -0.15) is 0 Å². The van der Waals surface area contributed by atoms with E-state index in [-0.39, 0.29) is 5.82 Å². The average molecular weight is 302 g/mol. The van der Waals surface area contributed by atoms with E-state index in [1.165, 1.54) is 12.1 Å². The lowest BCUT2D eigenvalue weighted by molar-refractivity contribution is 0.626. The Morgan fingerprint density at radius 2 is 2.06 bits per heavy atom. The quantitative estimate of drug-likeness (QED) is 0.564. The highest BCUT2D eigenvalue weighted by molar-refractivity contribution is 7.98. The van der Waals surface area contributed by atoms with Gasteiger partial charge in [0.25, 0.3) is 0 Å². The molecule has 1 aromatic carbocycles. The molecule has 0 radical (unpaired) electrons. The van der Waals surface area contributed by atoms with Crippen molar-refractivity contribution in [1.82, 2.24) is 4.98 Å². The van der Waals surface area contributed by atoms with Crippen LogP contribution in [0.15, 0.2) is 34.5 Å². The maximum atomic E-state index is 12.7. The Kier molecular flexibility index (Phi) is 5.47. The molecule has 1 heterocycles. The average Bonchev–Trinajstić information content (AvgIpc) is 2.84. The van der Waals surface area contributed by atoms with E-state index in [1.54, 1.807) is 35.2 Å². The van der Waals surface area contributed by atoms with Gasteiger partial charge in [0.1, 0.15) is 10.8 Å². The fraction of sp³-hybridized carbons (Fsp3) is 0.308. The molecule has 0 atom stereocenters. The summed E-state index contributed by atoms with van der Waals surface area (Å²) in [5.74, 6) is 1.31. The fourth-order valence-corrected chi connectivity index (χ4v) is 3.33. The van der Waals surface area contributed by atoms with Crippen LogP contribution >= 0.6 is 34.7 Å². The predicted octanol–water partition coefficient (Wildman–Crippen LogP) is 4.75. The monoisotopic (exact) mass is 301 g/mol. The molecule has 1 aromatic heterocycles. The highest BCUT2D eigenvalue weighted by Crippen LogP contribution is 2.24. The summed E-state index contributed by atoms with van der Waals surface area (Å²) < 4.78 is 12.7. The number of aryl methyl sites for hydroxylation is 1. The van der Waals surface area contributed by atoms with Gasteiger partial charge in [-0.25, -0.2) is 9.37 Å². The van der Waals surface area contributed by atoms with Crippen molar-refractivity contribution in [3.05, 3.63) is 46.2 Å². The standard InChI is InChI=1S/C13H13ClFNS2/c14-7-1-2-11-8-18-13(16-11)9-17-12-5-3-10(15)4-6-12/h3-6,8H,1-2,7,9H2. The van der Waals surface area contributed by atoms with Crippen molar-refractivity contribution in [2.45, 2.75) is 23.5 Å². The molecule has 0 bridgehead atoms. The number of alkyl halides is 1. The van der Waals surface area contributed by atoms with E-state index >= 15 is 0 Å². The van der Waals surface area contributed by atoms with Crippen LogP contribution in [0.5, 0.6) is 0 Å². The first-order valence-corrected chi connectivity index (χ1v) is 8.05. The summed E-state index contributed by atoms with van der Waals surface area (Å²) >= 11 is 9.00. The minimum Gasteiger partial charge on any atom is -0.245 e. The number of aromatic nitrogens is 1. The molecular formula is C13H13ClFNS2. The van der Waals surface area contributed by atoms with E-state index in [1.807, 2.05) is 0 Å². The maximum absolute atomic E-state index is 12.7. The molecule has 0 fully saturated rings. The summed E-state index contributed by atoms with van der Waals surface area (Å²) in [5.41, 5.74) is 1.12. The van der Waals surface area contributed by atoms with Crippen molar-refractivity contribution in [2.24, 2.45) is 0 Å². The number of halogens is 2. The van der Waals surface area contributed by atoms with Gasteiger partial charge in [0.2, 0.25) is 0 Å². The lowest BCUT2D eigenvalue weighted by Gasteiger charge is -1.98. The highest BCUT2D eigenvalue weighted by atomic mass is 35.5. The second kappa shape index (κ2) is 7.12. The van der Waals surface area contributed by atoms with Gasteiger partial charge in [-0.05, 0) is 37.1 Å². The van der Waals surface area contributed by atoms with Crippen LogP contribution in [0.1, 0.15) is 17.1 Å². The van der Waals surface area contributed by atoms with Gasteiger partial charge >= 0.3 is 0 Å². The van der Waals surface area contributed by atoms with Crippen LogP contribution in [-0.2, 0) is 12.2 Å². The van der Waals surface area contributed by atoms with E-state index in [0.29, 0.717) is 5.88 Å². The molecule has 0 aliphatic heterocycles. The summed E-state index contributed by atoms with van der Waals surface area (Å²) in [7, 11) is 0. The number of hydrogen-bond donors (Lipinski definition) is 0. The molecule has 2 aromatic rings. The lowest BCUT2D eigenvalue weighted by Crippen LogP contribution is -1.87. The first-order valence-electron chi connectivity index (χ1n) is 5.65. The largest absolute Gasteiger partial charge is 0.245 e. The SMILES string of the molecule is Fc1ccc(SCc2nc(CCCCl)cs2)cc1. The predicted molar refractivity (Wildman–Crippen MR) is 77.1 cm³/mol. The molecule has 0 saturated heterocycles. The third-order valence-corrected chi connectivity index (χ3v) is 4.71. The van der Waals surface area contributed by atoms with Crippen molar-refractivity contribution < 1.29 is 4.39 Å². The molecule has 0 aliphatic rings. The second-order valence-electron chi connectivity index (χ2n) is 3.77. The summed E-state index contributed by atoms with van der Waals surface area (Å²) in [4.78, 5) is 5.61. The smallest absolute Gasteiger partial charge is 0.123 e. The van der Waals surface area contributed by atoms with E-state index in [2.05, 4.69) is 10.4 Å². The van der Waals surface area contributed by atoms with Gasteiger partial charge in [0.15, 0.2) is 0 Å². The van der Waals surface area contributed by atoms with Crippen LogP contribution in [0, 0.1) is 5.82 Å². The molecule has 0 aliphatic carbocycles. The first kappa shape index (κ1) is 13.8. The Balaban J connectivity index is 1.86. The van der Waals surface area contributed by atoms with Crippen molar-refractivity contribution in [2.75, 3.05) is 5.88 Å². The number of thioether (sulfide) groups is 1. The van der Waals surface area contributed by atoms with Gasteiger partial charge in [-0.1, -0.05) is 0 Å². The van der Waals surface area contributed by atoms with E-state index in [4.69, 9.17) is 11.6 Å². The molecule has 0 spiro atoms. The third-order valence-electron chi connectivity index (χ3n) is 2.34. The minimum absolute atomic E-state index is 0.197. The number of hydrogen-bond acceptors (Lipinski definition) is 3. The minimum atomic E-state index is -0.197. The van der Waals surface area contributed by atoms with Crippen LogP contribution in [0.25, 0.3) is 0 Å². The first-order chi connectivity index (χ1) is 8.78. The summed E-state index contributed by atoms with van der Waals surface area (Å²) in [6, 6.07) is 6.55. The van der Waals surface area contributed by atoms with Crippen LogP contribution in [-0.4, -0.2) is 10.9 Å². The molecule has 5 heteroatoms. The molecule has 0 N–H and O–H groups in total. The Hall–Kier alpha value is -0.580. The van der Waals surface area contributed by atoms with Crippen molar-refractivity contribution in [3.8, 4) is 0 Å². The summed E-state index contributed by atoms with van der Waals surface area (Å²) in [5, 5.41) is 3.20. The van der Waals surface area contributed by atoms with E-state index < -0.39 is 0 Å². The van der Waals surface area contributed by atoms with E-state index in [9.17, 15) is 4.39 Å². The zero-order valence-corrected chi connectivity index (χ0v) is 12.1. The molecule has 2 rings (SSSR count). The van der Waals surface area contributed by atoms with Gasteiger partial charge in [-0.15, -0.1) is 34.7 Å². The zero-order valence-electron chi connectivity index (χ0n) is 9.73. The van der Waals surface area contributed by atoms with Crippen LogP contribution in [0.2, 0.25) is 0 Å². The number of nitrogens with zero attached hydrogens (tertiary/aromatic N) is 1. The Bertz CT molecular complexity index is 484. The van der Waals surface area contributed by atoms with Gasteiger partial charge in [0, 0.05) is 16.2 Å². The molecule has 0 saturated carbocycles. The van der Waals surface area contributed by atoms with Gasteiger partial charge in [0.05, 0.1) is 11.4 Å². The molecular weight excluding hydrogens is 289 g/mol. The Morgan fingerprint density at radius 1 is 1.28 bits per heavy atom. The molecule has 96 valence electrons. The number of thiazole rings is 1. The zero-order chi connectivity index (χ0) is 12.8. The van der Waals surface area contributed by atoms with Crippen molar-refractivity contribution in [3.63, 3.8) is 0 Å². The Morgan fingerprint density at radius 3 is 2.78 bits per heavy atom. The Labute approximate surface area is 119 Å². The van der Waals surface area contributed by atoms with E-state index in [0.717, 1.165) is 34.2 Å². The van der Waals surface area contributed by atoms with Crippen LogP contribution in [0.4, 0.5) is 4.39 Å². The van der Waals surface area contributed by atoms with Crippen molar-refractivity contribution in [1.29, 1.82) is 0 Å². The van der Waals surface area contributed by atoms with Crippen LogP contribution in [0.3, 0.4) is 0 Å². The summed E-state index contributed by atoms with van der Waals surface area (Å²) in [6.07, 6.45) is 1.91. The third kappa shape index (κ3) is 4.26. The topological polar surface area (TPSA) is 12.9 Å². The highest BCUT2D eigenvalue weighted by Gasteiger charge is 2.03. The fourth-order valence-electron chi connectivity index (χ4n) is 1.45. The second-order valence-corrected chi connectivity index (χ2v) is 6.14. The molecule has 0 unspecified atom stereocenters. The lowest BCUT2D eigenvalue weighted by atomic mass is 10.3. The van der Waals surface area contributed by atoms with Crippen molar-refractivity contribution >= 4 is 34.7 Å². The molecule has 1 nitrogen and oxygen atoms in total. The van der Waals surface area contributed by atoms with Gasteiger partial charge in [-0.3, -0.25) is 0 Å².